The monoisotopic (exact) mass is 239 g/mol. The van der Waals surface area contributed by atoms with Crippen molar-refractivity contribution in [1.29, 1.82) is 0 Å². The van der Waals surface area contributed by atoms with Gasteiger partial charge in [0.25, 0.3) is 0 Å². The Morgan fingerprint density at radius 3 is 2.56 bits per heavy atom. The number of nitro groups is 1. The fourth-order valence-electron chi connectivity index (χ4n) is 0.403. The molecule has 0 bridgehead atoms. The molecule has 0 atom stereocenters. The highest BCUT2D eigenvalue weighted by atomic mass is 127. The molecule has 0 spiro atoms. The summed E-state index contributed by atoms with van der Waals surface area (Å²) in [5, 5.41) is 9.92. The van der Waals surface area contributed by atoms with E-state index in [1.807, 2.05) is 22.6 Å². The van der Waals surface area contributed by atoms with Crippen LogP contribution in [0.4, 0.5) is 5.88 Å². The third-order valence-electron chi connectivity index (χ3n) is 0.739. The zero-order valence-electron chi connectivity index (χ0n) is 4.20. The number of nitrogens with zero attached hydrogens (tertiary/aromatic N) is 1. The molecule has 0 saturated carbocycles. The Morgan fingerprint density at radius 1 is 1.67 bits per heavy atom. The van der Waals surface area contributed by atoms with Crippen LogP contribution in [0.25, 0.3) is 0 Å². The van der Waals surface area contributed by atoms with E-state index in [-0.39, 0.29) is 5.88 Å². The van der Waals surface area contributed by atoms with Crippen LogP contribution >= 0.6 is 22.6 Å². The average molecular weight is 239 g/mol. The van der Waals surface area contributed by atoms with Gasteiger partial charge in [-0.1, -0.05) is 0 Å². The van der Waals surface area contributed by atoms with Crippen molar-refractivity contribution in [2.24, 2.45) is 0 Å². The van der Waals surface area contributed by atoms with Crippen LogP contribution in [0.5, 0.6) is 0 Å². The topological polar surface area (TPSA) is 56.3 Å². The van der Waals surface area contributed by atoms with Crippen LogP contribution in [0, 0.1) is 13.9 Å². The molecule has 0 saturated heterocycles. The highest BCUT2D eigenvalue weighted by Gasteiger charge is 2.08. The summed E-state index contributed by atoms with van der Waals surface area (Å²) < 4.78 is 5.16. The van der Waals surface area contributed by atoms with E-state index in [9.17, 15) is 10.1 Å². The summed E-state index contributed by atoms with van der Waals surface area (Å²) in [5.74, 6) is -0.209. The molecular formula is C4H2INO3. The molecule has 9 heavy (non-hydrogen) atoms. The van der Waals surface area contributed by atoms with Gasteiger partial charge in [-0.2, -0.15) is 0 Å². The molecule has 0 amide bonds. The smallest absolute Gasteiger partial charge is 0.395 e. The summed E-state index contributed by atoms with van der Waals surface area (Å²) in [7, 11) is 0. The van der Waals surface area contributed by atoms with E-state index in [4.69, 9.17) is 0 Å². The van der Waals surface area contributed by atoms with Crippen LogP contribution in [0.2, 0.25) is 0 Å². The molecule has 48 valence electrons. The van der Waals surface area contributed by atoms with Crippen LogP contribution in [-0.2, 0) is 0 Å². The molecule has 0 radical (unpaired) electrons. The van der Waals surface area contributed by atoms with Crippen molar-refractivity contribution in [3.63, 3.8) is 0 Å². The van der Waals surface area contributed by atoms with Gasteiger partial charge >= 0.3 is 5.88 Å². The maximum atomic E-state index is 9.92. The Kier molecular flexibility index (Phi) is 1.70. The van der Waals surface area contributed by atoms with E-state index >= 15 is 0 Å². The second-order valence-corrected chi connectivity index (χ2v) is 2.40. The van der Waals surface area contributed by atoms with Gasteiger partial charge in [0.05, 0.1) is 6.07 Å². The molecule has 5 heteroatoms. The van der Waals surface area contributed by atoms with Crippen molar-refractivity contribution in [3.8, 4) is 0 Å². The van der Waals surface area contributed by atoms with Crippen LogP contribution in [0.3, 0.4) is 0 Å². The molecule has 0 N–H and O–H groups in total. The van der Waals surface area contributed by atoms with Crippen LogP contribution in [0.15, 0.2) is 16.5 Å². The van der Waals surface area contributed by atoms with Gasteiger partial charge in [0.1, 0.15) is 4.92 Å². The van der Waals surface area contributed by atoms with E-state index in [1.54, 1.807) is 6.07 Å². The molecule has 1 heterocycles. The summed E-state index contributed by atoms with van der Waals surface area (Å²) in [6.07, 6.45) is 0. The molecule has 0 aliphatic rings. The molecule has 4 nitrogen and oxygen atoms in total. The minimum absolute atomic E-state index is 0.209. The predicted molar refractivity (Wildman–Crippen MR) is 38.1 cm³/mol. The largest absolute Gasteiger partial charge is 0.433 e. The zero-order valence-corrected chi connectivity index (χ0v) is 6.36. The molecule has 1 aromatic rings. The van der Waals surface area contributed by atoms with Crippen molar-refractivity contribution in [2.75, 3.05) is 0 Å². The number of halogens is 1. The third kappa shape index (κ3) is 1.41. The van der Waals surface area contributed by atoms with Crippen molar-refractivity contribution < 1.29 is 9.34 Å². The lowest BCUT2D eigenvalue weighted by atomic mass is 10.6. The van der Waals surface area contributed by atoms with Gasteiger partial charge < -0.3 is 4.42 Å². The first-order valence-corrected chi connectivity index (χ1v) is 3.18. The molecule has 1 rings (SSSR count). The maximum Gasteiger partial charge on any atom is 0.433 e. The first-order chi connectivity index (χ1) is 4.20. The number of furan rings is 1. The molecule has 0 unspecified atom stereocenters. The minimum Gasteiger partial charge on any atom is -0.395 e. The van der Waals surface area contributed by atoms with E-state index in [2.05, 4.69) is 4.42 Å². The van der Waals surface area contributed by atoms with Crippen molar-refractivity contribution in [2.45, 2.75) is 0 Å². The standard InChI is InChI=1S/C4H2INO3/c5-3-1-2-4(9-3)6(7)8/h1-2H. The normalized spacial score (nSPS) is 9.44. The Labute approximate surface area is 64.1 Å². The fourth-order valence-corrected chi connectivity index (χ4v) is 0.808. The Balaban J connectivity index is 2.98. The van der Waals surface area contributed by atoms with Gasteiger partial charge in [-0.15, -0.1) is 0 Å². The quantitative estimate of drug-likeness (QED) is 0.426. The summed E-state index contributed by atoms with van der Waals surface area (Å²) >= 11 is 1.86. The highest BCUT2D eigenvalue weighted by molar-refractivity contribution is 14.1. The van der Waals surface area contributed by atoms with Crippen LogP contribution in [0.1, 0.15) is 0 Å². The van der Waals surface area contributed by atoms with E-state index in [0.29, 0.717) is 3.77 Å². The second-order valence-electron chi connectivity index (χ2n) is 1.33. The van der Waals surface area contributed by atoms with E-state index in [1.165, 1.54) is 6.07 Å². The lowest BCUT2D eigenvalue weighted by molar-refractivity contribution is -0.402. The summed E-state index contributed by atoms with van der Waals surface area (Å²) in [6.45, 7) is 0. The second kappa shape index (κ2) is 2.34. The minimum atomic E-state index is -0.567. The highest BCUT2D eigenvalue weighted by Crippen LogP contribution is 2.16. The Morgan fingerprint density at radius 2 is 2.33 bits per heavy atom. The van der Waals surface area contributed by atoms with Crippen molar-refractivity contribution >= 4 is 28.5 Å². The number of rotatable bonds is 1. The number of hydrogen-bond acceptors (Lipinski definition) is 3. The van der Waals surface area contributed by atoms with Gasteiger partial charge in [-0.3, -0.25) is 10.1 Å². The van der Waals surface area contributed by atoms with Crippen molar-refractivity contribution in [1.82, 2.24) is 0 Å². The molecule has 0 aliphatic heterocycles. The van der Waals surface area contributed by atoms with Crippen molar-refractivity contribution in [3.05, 3.63) is 26.0 Å². The summed E-state index contributed by atoms with van der Waals surface area (Å²) in [6, 6.07) is 2.86. The lowest BCUT2D eigenvalue weighted by Gasteiger charge is -1.78. The summed E-state index contributed by atoms with van der Waals surface area (Å²) in [4.78, 5) is 9.36. The first kappa shape index (κ1) is 6.53. The molecule has 0 aliphatic carbocycles. The van der Waals surface area contributed by atoms with Crippen LogP contribution < -0.4 is 0 Å². The maximum absolute atomic E-state index is 9.92. The van der Waals surface area contributed by atoms with E-state index in [0.717, 1.165) is 0 Å². The Hall–Kier alpha value is -0.590. The summed E-state index contributed by atoms with van der Waals surface area (Å²) in [5.41, 5.74) is 0. The first-order valence-electron chi connectivity index (χ1n) is 2.10. The fraction of sp³-hybridized carbons (Fsp3) is 0. The van der Waals surface area contributed by atoms with E-state index < -0.39 is 4.92 Å². The van der Waals surface area contributed by atoms with Gasteiger partial charge in [0, 0.05) is 0 Å². The van der Waals surface area contributed by atoms with Gasteiger partial charge in [-0.05, 0) is 28.7 Å². The zero-order chi connectivity index (χ0) is 6.85. The van der Waals surface area contributed by atoms with Gasteiger partial charge in [0.15, 0.2) is 3.77 Å². The van der Waals surface area contributed by atoms with Gasteiger partial charge in [-0.25, -0.2) is 0 Å². The molecular weight excluding hydrogens is 237 g/mol. The predicted octanol–water partition coefficient (Wildman–Crippen LogP) is 1.79. The van der Waals surface area contributed by atoms with Gasteiger partial charge in [0.2, 0.25) is 0 Å². The number of hydrogen-bond donors (Lipinski definition) is 0. The third-order valence-corrected chi connectivity index (χ3v) is 1.32. The lowest BCUT2D eigenvalue weighted by Crippen LogP contribution is -1.82. The molecule has 0 aromatic carbocycles. The molecule has 0 fully saturated rings. The molecule has 1 aromatic heterocycles. The van der Waals surface area contributed by atoms with Crippen LogP contribution in [-0.4, -0.2) is 4.92 Å². The Bertz CT molecular complexity index is 231. The average Bonchev–Trinajstić information content (AvgIpc) is 2.14. The SMILES string of the molecule is O=[N+]([O-])c1ccc(I)o1.